The number of aromatic amines is 1. The van der Waals surface area contributed by atoms with Gasteiger partial charge < -0.3 is 4.98 Å². The minimum Gasteiger partial charge on any atom is -0.359 e. The van der Waals surface area contributed by atoms with Crippen LogP contribution in [0.4, 0.5) is 0 Å². The SMILES string of the molecule is CC(C)(C)C1CCc2nc3c(C(=O)NN)c[nH]c3cc2C1. The molecule has 2 aromatic rings. The van der Waals surface area contributed by atoms with E-state index >= 15 is 0 Å². The lowest BCUT2D eigenvalue weighted by atomic mass is 9.71. The molecule has 5 nitrogen and oxygen atoms in total. The summed E-state index contributed by atoms with van der Waals surface area (Å²) in [5.41, 5.74) is 7.03. The quantitative estimate of drug-likeness (QED) is 0.427. The Morgan fingerprint density at radius 3 is 2.90 bits per heavy atom. The Morgan fingerprint density at radius 1 is 1.48 bits per heavy atom. The van der Waals surface area contributed by atoms with Crippen LogP contribution in [0, 0.1) is 11.3 Å². The number of nitrogens with zero attached hydrogens (tertiary/aromatic N) is 1. The average molecular weight is 286 g/mol. The van der Waals surface area contributed by atoms with E-state index in [1.807, 2.05) is 0 Å². The number of amides is 1. The Hall–Kier alpha value is -1.88. The molecule has 5 heteroatoms. The predicted octanol–water partition coefficient (Wildman–Crippen LogP) is 2.32. The summed E-state index contributed by atoms with van der Waals surface area (Å²) in [6.45, 7) is 6.90. The first kappa shape index (κ1) is 14.1. The van der Waals surface area contributed by atoms with Crippen LogP contribution in [0.3, 0.4) is 0 Å². The van der Waals surface area contributed by atoms with Crippen LogP contribution in [-0.4, -0.2) is 15.9 Å². The number of pyridine rings is 1. The van der Waals surface area contributed by atoms with Crippen molar-refractivity contribution >= 4 is 16.9 Å². The third kappa shape index (κ3) is 2.42. The second-order valence-electron chi connectivity index (χ2n) is 6.97. The van der Waals surface area contributed by atoms with E-state index in [9.17, 15) is 4.79 Å². The fourth-order valence-corrected chi connectivity index (χ4v) is 3.19. The molecule has 112 valence electrons. The Labute approximate surface area is 124 Å². The summed E-state index contributed by atoms with van der Waals surface area (Å²) in [7, 11) is 0. The number of hydrogen-bond acceptors (Lipinski definition) is 3. The molecular weight excluding hydrogens is 264 g/mol. The number of carbonyl (C=O) groups is 1. The van der Waals surface area contributed by atoms with Crippen LogP contribution in [-0.2, 0) is 12.8 Å². The van der Waals surface area contributed by atoms with E-state index in [2.05, 4.69) is 37.2 Å². The number of aromatic nitrogens is 2. The molecule has 0 bridgehead atoms. The van der Waals surface area contributed by atoms with E-state index in [0.29, 0.717) is 22.4 Å². The third-order valence-electron chi connectivity index (χ3n) is 4.61. The number of H-pyrrole nitrogens is 1. The van der Waals surface area contributed by atoms with Crippen LogP contribution in [0.1, 0.15) is 48.8 Å². The van der Waals surface area contributed by atoms with Gasteiger partial charge in [-0.25, -0.2) is 5.84 Å². The first-order chi connectivity index (χ1) is 9.90. The van der Waals surface area contributed by atoms with Crippen LogP contribution in [0.5, 0.6) is 0 Å². The molecule has 0 fully saturated rings. The van der Waals surface area contributed by atoms with E-state index in [-0.39, 0.29) is 5.91 Å². The fourth-order valence-electron chi connectivity index (χ4n) is 3.19. The molecule has 1 aliphatic rings. The zero-order chi connectivity index (χ0) is 15.2. The normalized spacial score (nSPS) is 18.6. The van der Waals surface area contributed by atoms with Crippen molar-refractivity contribution in [3.8, 4) is 0 Å². The van der Waals surface area contributed by atoms with Crippen molar-refractivity contribution in [2.45, 2.75) is 40.0 Å². The van der Waals surface area contributed by atoms with Crippen LogP contribution < -0.4 is 11.3 Å². The first-order valence-electron chi connectivity index (χ1n) is 7.41. The molecule has 1 atom stereocenters. The molecule has 0 aromatic carbocycles. The van der Waals surface area contributed by atoms with Crippen LogP contribution >= 0.6 is 0 Å². The molecule has 0 spiro atoms. The molecule has 2 heterocycles. The molecule has 0 saturated heterocycles. The van der Waals surface area contributed by atoms with Crippen LogP contribution in [0.25, 0.3) is 11.0 Å². The van der Waals surface area contributed by atoms with Gasteiger partial charge in [0, 0.05) is 11.9 Å². The second kappa shape index (κ2) is 4.84. The smallest absolute Gasteiger partial charge is 0.268 e. The predicted molar refractivity (Wildman–Crippen MR) is 82.7 cm³/mol. The molecular formula is C16H22N4O. The summed E-state index contributed by atoms with van der Waals surface area (Å²) in [4.78, 5) is 19.6. The molecule has 21 heavy (non-hydrogen) atoms. The topological polar surface area (TPSA) is 83.8 Å². The van der Waals surface area contributed by atoms with E-state index in [1.165, 1.54) is 5.56 Å². The summed E-state index contributed by atoms with van der Waals surface area (Å²) in [5, 5.41) is 0. The van der Waals surface area contributed by atoms with E-state index in [4.69, 9.17) is 10.8 Å². The molecule has 0 radical (unpaired) electrons. The van der Waals surface area contributed by atoms with Crippen molar-refractivity contribution in [3.63, 3.8) is 0 Å². The summed E-state index contributed by atoms with van der Waals surface area (Å²) < 4.78 is 0. The second-order valence-corrected chi connectivity index (χ2v) is 6.97. The zero-order valence-electron chi connectivity index (χ0n) is 12.8. The lowest BCUT2D eigenvalue weighted by molar-refractivity contribution is 0.0955. The van der Waals surface area contributed by atoms with Crippen LogP contribution in [0.15, 0.2) is 12.3 Å². The Bertz CT molecular complexity index is 696. The number of rotatable bonds is 1. The van der Waals surface area contributed by atoms with E-state index in [1.54, 1.807) is 6.20 Å². The van der Waals surface area contributed by atoms with E-state index < -0.39 is 0 Å². The standard InChI is InChI=1S/C16H22N4O/c1-16(2,3)10-4-5-12-9(6-10)7-13-14(19-12)11(8-18-13)15(21)20-17/h7-8,10,18H,4-6,17H2,1-3H3,(H,20,21). The van der Waals surface area contributed by atoms with Crippen LogP contribution in [0.2, 0.25) is 0 Å². The lowest BCUT2D eigenvalue weighted by Gasteiger charge is -2.34. The van der Waals surface area contributed by atoms with Crippen molar-refractivity contribution in [2.75, 3.05) is 0 Å². The van der Waals surface area contributed by atoms with Gasteiger partial charge in [0.2, 0.25) is 0 Å². The molecule has 0 aliphatic heterocycles. The number of nitrogens with one attached hydrogen (secondary N) is 2. The first-order valence-corrected chi connectivity index (χ1v) is 7.41. The van der Waals surface area contributed by atoms with Crippen molar-refractivity contribution in [2.24, 2.45) is 17.2 Å². The van der Waals surface area contributed by atoms with Crippen molar-refractivity contribution in [3.05, 3.63) is 29.1 Å². The van der Waals surface area contributed by atoms with Gasteiger partial charge in [0.1, 0.15) is 5.52 Å². The molecule has 3 rings (SSSR count). The maximum atomic E-state index is 11.7. The highest BCUT2D eigenvalue weighted by molar-refractivity contribution is 6.05. The Morgan fingerprint density at radius 2 is 2.24 bits per heavy atom. The lowest BCUT2D eigenvalue weighted by Crippen LogP contribution is -2.30. The minimum absolute atomic E-state index is 0.308. The van der Waals surface area contributed by atoms with Crippen molar-refractivity contribution in [1.29, 1.82) is 0 Å². The van der Waals surface area contributed by atoms with Crippen molar-refractivity contribution < 1.29 is 4.79 Å². The summed E-state index contributed by atoms with van der Waals surface area (Å²) in [6, 6.07) is 2.14. The number of nitrogen functional groups attached to an aromatic ring is 1. The van der Waals surface area contributed by atoms with E-state index in [0.717, 1.165) is 30.5 Å². The summed E-state index contributed by atoms with van der Waals surface area (Å²) >= 11 is 0. The summed E-state index contributed by atoms with van der Waals surface area (Å²) in [5.74, 6) is 5.58. The Kier molecular flexibility index (Phi) is 3.24. The number of aryl methyl sites for hydroxylation is 1. The summed E-state index contributed by atoms with van der Waals surface area (Å²) in [6.07, 6.45) is 4.85. The van der Waals surface area contributed by atoms with Gasteiger partial charge in [0.25, 0.3) is 5.91 Å². The fraction of sp³-hybridized carbons (Fsp3) is 0.500. The van der Waals surface area contributed by atoms with Gasteiger partial charge in [0.05, 0.1) is 11.1 Å². The van der Waals surface area contributed by atoms with Crippen molar-refractivity contribution in [1.82, 2.24) is 15.4 Å². The molecule has 1 amide bonds. The van der Waals surface area contributed by atoms with Gasteiger partial charge in [0.15, 0.2) is 0 Å². The van der Waals surface area contributed by atoms with Gasteiger partial charge in [-0.3, -0.25) is 15.2 Å². The van der Waals surface area contributed by atoms with Gasteiger partial charge >= 0.3 is 0 Å². The number of hydrogen-bond donors (Lipinski definition) is 3. The van der Waals surface area contributed by atoms with Gasteiger partial charge in [-0.15, -0.1) is 0 Å². The maximum absolute atomic E-state index is 11.7. The van der Waals surface area contributed by atoms with Gasteiger partial charge in [-0.05, 0) is 42.2 Å². The van der Waals surface area contributed by atoms with Gasteiger partial charge in [-0.2, -0.15) is 0 Å². The highest BCUT2D eigenvalue weighted by atomic mass is 16.2. The number of carbonyl (C=O) groups excluding carboxylic acids is 1. The Balaban J connectivity index is 2.02. The molecule has 1 unspecified atom stereocenters. The largest absolute Gasteiger partial charge is 0.359 e. The molecule has 1 aliphatic carbocycles. The average Bonchev–Trinajstić information content (AvgIpc) is 2.85. The number of nitrogens with two attached hydrogens (primary N) is 1. The molecule has 0 saturated carbocycles. The minimum atomic E-state index is -0.308. The highest BCUT2D eigenvalue weighted by Gasteiger charge is 2.29. The molecule has 2 aromatic heterocycles. The number of hydrazine groups is 1. The van der Waals surface area contributed by atoms with Gasteiger partial charge in [-0.1, -0.05) is 20.8 Å². The molecule has 4 N–H and O–H groups in total. The number of fused-ring (bicyclic) bond motifs is 2. The zero-order valence-corrected chi connectivity index (χ0v) is 12.8. The highest BCUT2D eigenvalue weighted by Crippen LogP contribution is 2.37. The maximum Gasteiger partial charge on any atom is 0.268 e. The third-order valence-corrected chi connectivity index (χ3v) is 4.61. The monoisotopic (exact) mass is 286 g/mol.